The molecule has 2 aliphatic rings. The highest BCUT2D eigenvalue weighted by Crippen LogP contribution is 2.52. The lowest BCUT2D eigenvalue weighted by molar-refractivity contribution is -0.131. The summed E-state index contributed by atoms with van der Waals surface area (Å²) in [4.78, 5) is 17.3. The minimum absolute atomic E-state index is 0.222. The minimum Gasteiger partial charge on any atom is -0.361 e. The molecule has 2 aromatic rings. The van der Waals surface area contributed by atoms with E-state index >= 15 is 0 Å². The molecule has 1 aliphatic carbocycles. The normalized spacial score (nSPS) is 20.5. The van der Waals surface area contributed by atoms with E-state index in [1.165, 1.54) is 16.7 Å². The van der Waals surface area contributed by atoms with Crippen molar-refractivity contribution in [1.82, 2.24) is 15.0 Å². The summed E-state index contributed by atoms with van der Waals surface area (Å²) in [5.74, 6) is 1.59. The van der Waals surface area contributed by atoms with Crippen LogP contribution in [0.3, 0.4) is 0 Å². The van der Waals surface area contributed by atoms with Crippen LogP contribution in [-0.2, 0) is 16.8 Å². The maximum absolute atomic E-state index is 12.8. The van der Waals surface area contributed by atoms with Crippen LogP contribution in [0.4, 0.5) is 0 Å². The first kappa shape index (κ1) is 21.1. The molecule has 0 N–H and O–H groups in total. The molecule has 162 valence electrons. The molecule has 1 aliphatic heterocycles. The average molecular weight is 410 g/mol. The van der Waals surface area contributed by atoms with Crippen LogP contribution >= 0.6 is 0 Å². The van der Waals surface area contributed by atoms with Gasteiger partial charge in [-0.15, -0.1) is 0 Å². The van der Waals surface area contributed by atoms with Crippen LogP contribution in [0.2, 0.25) is 0 Å². The van der Waals surface area contributed by atoms with Gasteiger partial charge in [-0.2, -0.15) is 0 Å². The minimum atomic E-state index is 0.222. The molecule has 1 saturated heterocycles. The first-order chi connectivity index (χ1) is 14.5. The molecule has 2 heterocycles. The molecule has 5 nitrogen and oxygen atoms in total. The number of nitrogens with zero attached hydrogens (tertiary/aromatic N) is 3. The molecular weight excluding hydrogens is 374 g/mol. The lowest BCUT2D eigenvalue weighted by atomic mass is 9.73. The quantitative estimate of drug-likeness (QED) is 0.701. The van der Waals surface area contributed by atoms with E-state index in [-0.39, 0.29) is 5.41 Å². The summed E-state index contributed by atoms with van der Waals surface area (Å²) < 4.78 is 5.35. The van der Waals surface area contributed by atoms with Crippen LogP contribution in [0.1, 0.15) is 73.6 Å². The van der Waals surface area contributed by atoms with Gasteiger partial charge in [-0.1, -0.05) is 29.4 Å². The largest absolute Gasteiger partial charge is 0.361 e. The lowest BCUT2D eigenvalue weighted by Crippen LogP contribution is -2.41. The van der Waals surface area contributed by atoms with Crippen molar-refractivity contribution in [2.24, 2.45) is 0 Å². The molecule has 0 unspecified atom stereocenters. The molecule has 0 saturated carbocycles. The molecular formula is C25H35N3O2. The van der Waals surface area contributed by atoms with E-state index in [9.17, 15) is 4.79 Å². The average Bonchev–Trinajstić information content (AvgIpc) is 3.23. The molecule has 30 heavy (non-hydrogen) atoms. The van der Waals surface area contributed by atoms with Crippen molar-refractivity contribution in [1.29, 1.82) is 0 Å². The monoisotopic (exact) mass is 409 g/mol. The zero-order chi connectivity index (χ0) is 21.3. The Morgan fingerprint density at radius 3 is 2.53 bits per heavy atom. The Kier molecular flexibility index (Phi) is 6.01. The second kappa shape index (κ2) is 8.54. The first-order valence-corrected chi connectivity index (χ1v) is 11.5. The molecule has 1 fully saturated rings. The number of rotatable bonds is 6. The number of aryl methyl sites for hydroxylation is 2. The van der Waals surface area contributed by atoms with Crippen LogP contribution in [0.5, 0.6) is 0 Å². The van der Waals surface area contributed by atoms with Crippen molar-refractivity contribution in [3.63, 3.8) is 0 Å². The first-order valence-electron chi connectivity index (χ1n) is 11.5. The summed E-state index contributed by atoms with van der Waals surface area (Å²) >= 11 is 0. The molecule has 1 aromatic heterocycles. The van der Waals surface area contributed by atoms with Gasteiger partial charge in [-0.25, -0.2) is 0 Å². The number of hydrogen-bond acceptors (Lipinski definition) is 4. The summed E-state index contributed by atoms with van der Waals surface area (Å²) in [7, 11) is 0. The topological polar surface area (TPSA) is 49.6 Å². The van der Waals surface area contributed by atoms with Crippen molar-refractivity contribution in [3.05, 3.63) is 52.4 Å². The Balaban J connectivity index is 1.48. The van der Waals surface area contributed by atoms with Gasteiger partial charge in [-0.3, -0.25) is 9.69 Å². The number of hydrogen-bond donors (Lipinski definition) is 0. The fraction of sp³-hybridized carbons (Fsp3) is 0.600. The fourth-order valence-corrected chi connectivity index (χ4v) is 5.69. The highest BCUT2D eigenvalue weighted by Gasteiger charge is 2.45. The summed E-state index contributed by atoms with van der Waals surface area (Å²) in [5.41, 5.74) is 5.38. The molecule has 1 atom stereocenters. The van der Waals surface area contributed by atoms with E-state index in [1.54, 1.807) is 0 Å². The fourth-order valence-electron chi connectivity index (χ4n) is 5.69. The van der Waals surface area contributed by atoms with Gasteiger partial charge in [0.15, 0.2) is 0 Å². The van der Waals surface area contributed by atoms with Gasteiger partial charge in [0.2, 0.25) is 5.91 Å². The van der Waals surface area contributed by atoms with E-state index in [1.807, 2.05) is 18.7 Å². The van der Waals surface area contributed by atoms with Crippen LogP contribution in [0.25, 0.3) is 0 Å². The summed E-state index contributed by atoms with van der Waals surface area (Å²) in [5, 5.41) is 4.11. The molecule has 4 rings (SSSR count). The molecule has 1 spiro atoms. The van der Waals surface area contributed by atoms with Gasteiger partial charge in [0.25, 0.3) is 0 Å². The van der Waals surface area contributed by atoms with Crippen molar-refractivity contribution >= 4 is 5.91 Å². The molecule has 0 bridgehead atoms. The Morgan fingerprint density at radius 1 is 1.20 bits per heavy atom. The SMILES string of the molecule is CCN(CC)C(=O)C[C@@H]1CC2(CCN(Cc3c(C)noc3C)CC2)c2ccccc21. The van der Waals surface area contributed by atoms with E-state index in [2.05, 4.69) is 48.2 Å². The van der Waals surface area contributed by atoms with E-state index in [0.717, 1.165) is 63.4 Å². The Morgan fingerprint density at radius 2 is 1.90 bits per heavy atom. The van der Waals surface area contributed by atoms with Gasteiger partial charge in [0.05, 0.1) is 5.69 Å². The van der Waals surface area contributed by atoms with E-state index < -0.39 is 0 Å². The lowest BCUT2D eigenvalue weighted by Gasteiger charge is -2.40. The van der Waals surface area contributed by atoms with Gasteiger partial charge in [-0.05, 0) is 82.5 Å². The highest BCUT2D eigenvalue weighted by atomic mass is 16.5. The maximum Gasteiger partial charge on any atom is 0.223 e. The second-order valence-corrected chi connectivity index (χ2v) is 9.12. The standard InChI is InChI=1S/C25H35N3O2/c1-5-28(6-2)24(29)15-20-16-25(23-10-8-7-9-21(20)23)11-13-27(14-12-25)17-22-18(3)26-30-19(22)4/h7-10,20H,5-6,11-17H2,1-4H3/t20-/m1/s1. The number of aromatic nitrogens is 1. The highest BCUT2D eigenvalue weighted by molar-refractivity contribution is 5.77. The van der Waals surface area contributed by atoms with Crippen molar-refractivity contribution in [2.75, 3.05) is 26.2 Å². The van der Waals surface area contributed by atoms with E-state index in [4.69, 9.17) is 4.52 Å². The Bertz CT molecular complexity index is 872. The number of carbonyl (C=O) groups is 1. The number of piperidine rings is 1. The number of fused-ring (bicyclic) bond motifs is 2. The number of carbonyl (C=O) groups excluding carboxylic acids is 1. The zero-order valence-electron chi connectivity index (χ0n) is 18.9. The van der Waals surface area contributed by atoms with Crippen molar-refractivity contribution in [3.8, 4) is 0 Å². The van der Waals surface area contributed by atoms with Crippen LogP contribution in [0, 0.1) is 13.8 Å². The van der Waals surface area contributed by atoms with E-state index in [0.29, 0.717) is 18.2 Å². The Hall–Kier alpha value is -2.14. The Labute approximate surface area is 180 Å². The second-order valence-electron chi connectivity index (χ2n) is 9.12. The summed E-state index contributed by atoms with van der Waals surface area (Å²) in [6.45, 7) is 12.8. The maximum atomic E-state index is 12.8. The van der Waals surface area contributed by atoms with Crippen LogP contribution in [-0.4, -0.2) is 47.0 Å². The third kappa shape index (κ3) is 3.80. The zero-order valence-corrected chi connectivity index (χ0v) is 18.9. The van der Waals surface area contributed by atoms with Gasteiger partial charge >= 0.3 is 0 Å². The summed E-state index contributed by atoms with van der Waals surface area (Å²) in [6.07, 6.45) is 4.06. The van der Waals surface area contributed by atoms with Crippen LogP contribution in [0.15, 0.2) is 28.8 Å². The van der Waals surface area contributed by atoms with Crippen molar-refractivity contribution in [2.45, 2.75) is 71.3 Å². The summed E-state index contributed by atoms with van der Waals surface area (Å²) in [6, 6.07) is 8.90. The molecule has 0 radical (unpaired) electrons. The number of benzene rings is 1. The number of likely N-dealkylation sites (tertiary alicyclic amines) is 1. The predicted octanol–water partition coefficient (Wildman–Crippen LogP) is 4.57. The number of amides is 1. The molecule has 5 heteroatoms. The third-order valence-electron chi connectivity index (χ3n) is 7.52. The smallest absolute Gasteiger partial charge is 0.223 e. The predicted molar refractivity (Wildman–Crippen MR) is 119 cm³/mol. The molecule has 1 amide bonds. The van der Waals surface area contributed by atoms with Crippen LogP contribution < -0.4 is 0 Å². The van der Waals surface area contributed by atoms with Gasteiger partial charge < -0.3 is 9.42 Å². The third-order valence-corrected chi connectivity index (χ3v) is 7.52. The van der Waals surface area contributed by atoms with Crippen molar-refractivity contribution < 1.29 is 9.32 Å². The van der Waals surface area contributed by atoms with Gasteiger partial charge in [0, 0.05) is 31.6 Å². The van der Waals surface area contributed by atoms with Gasteiger partial charge in [0.1, 0.15) is 5.76 Å². The molecule has 1 aromatic carbocycles.